The lowest BCUT2D eigenvalue weighted by atomic mass is 10.1. The van der Waals surface area contributed by atoms with Gasteiger partial charge in [0, 0.05) is 33.6 Å². The monoisotopic (exact) mass is 367 g/mol. The molecule has 0 saturated carbocycles. The summed E-state index contributed by atoms with van der Waals surface area (Å²) in [4.78, 5) is 0. The first kappa shape index (κ1) is 14.7. The lowest BCUT2D eigenvalue weighted by Crippen LogP contribution is -2.04. The van der Waals surface area contributed by atoms with Crippen molar-refractivity contribution in [1.82, 2.24) is 0 Å². The van der Waals surface area contributed by atoms with E-state index < -0.39 is 0 Å². The molecule has 0 unspecified atom stereocenters. The summed E-state index contributed by atoms with van der Waals surface area (Å²) in [6.07, 6.45) is 0.937. The van der Waals surface area contributed by atoms with Crippen LogP contribution in [0.3, 0.4) is 0 Å². The van der Waals surface area contributed by atoms with Crippen LogP contribution in [0.5, 0.6) is 11.5 Å². The van der Waals surface area contributed by atoms with Crippen molar-refractivity contribution < 1.29 is 9.47 Å². The highest BCUT2D eigenvalue weighted by Crippen LogP contribution is 2.34. The molecule has 1 heterocycles. The van der Waals surface area contributed by atoms with Gasteiger partial charge in [0.15, 0.2) is 0 Å². The number of halogens is 2. The van der Waals surface area contributed by atoms with Crippen molar-refractivity contribution in [2.24, 2.45) is 5.73 Å². The number of hydrogen-bond donors (Lipinski definition) is 1. The first-order valence-corrected chi connectivity index (χ1v) is 7.90. The molecule has 0 fully saturated rings. The Kier molecular flexibility index (Phi) is 4.38. The zero-order valence-corrected chi connectivity index (χ0v) is 13.7. The van der Waals surface area contributed by atoms with Crippen molar-refractivity contribution in [3.05, 3.63) is 56.5 Å². The normalized spacial score (nSPS) is 12.9. The van der Waals surface area contributed by atoms with Crippen LogP contribution >= 0.6 is 27.5 Å². The number of benzene rings is 2. The number of ether oxygens (including phenoxy) is 2. The van der Waals surface area contributed by atoms with Gasteiger partial charge in [-0.1, -0.05) is 33.6 Å². The molecule has 21 heavy (non-hydrogen) atoms. The van der Waals surface area contributed by atoms with E-state index in [9.17, 15) is 0 Å². The summed E-state index contributed by atoms with van der Waals surface area (Å²) >= 11 is 9.67. The molecule has 0 spiro atoms. The Labute approximate surface area is 137 Å². The van der Waals surface area contributed by atoms with Gasteiger partial charge in [-0.15, -0.1) is 0 Å². The maximum Gasteiger partial charge on any atom is 0.129 e. The molecule has 0 bridgehead atoms. The third-order valence-corrected chi connectivity index (χ3v) is 4.30. The van der Waals surface area contributed by atoms with Crippen molar-refractivity contribution in [2.75, 3.05) is 6.61 Å². The quantitative estimate of drug-likeness (QED) is 0.884. The van der Waals surface area contributed by atoms with E-state index in [0.29, 0.717) is 18.2 Å². The fraction of sp³-hybridized carbons (Fsp3) is 0.250. The second-order valence-corrected chi connectivity index (χ2v) is 6.18. The number of rotatable bonds is 4. The molecule has 0 aromatic heterocycles. The Morgan fingerprint density at radius 1 is 1.33 bits per heavy atom. The standard InChI is InChI=1S/C16H15BrClNO2/c17-12-6-10-4-5-20-16(10)11(7-12)9-21-15-3-1-2-14(18)13(15)8-19/h1-3,6-7H,4-5,8-9,19H2. The topological polar surface area (TPSA) is 44.5 Å². The average Bonchev–Trinajstić information content (AvgIpc) is 2.93. The molecule has 0 saturated heterocycles. The molecule has 110 valence electrons. The smallest absolute Gasteiger partial charge is 0.129 e. The van der Waals surface area contributed by atoms with Crippen molar-refractivity contribution in [3.63, 3.8) is 0 Å². The largest absolute Gasteiger partial charge is 0.493 e. The van der Waals surface area contributed by atoms with Gasteiger partial charge in [-0.3, -0.25) is 0 Å². The van der Waals surface area contributed by atoms with E-state index in [0.717, 1.165) is 40.1 Å². The molecule has 0 radical (unpaired) electrons. The highest BCUT2D eigenvalue weighted by molar-refractivity contribution is 9.10. The lowest BCUT2D eigenvalue weighted by molar-refractivity contribution is 0.289. The number of fused-ring (bicyclic) bond motifs is 1. The third kappa shape index (κ3) is 3.03. The van der Waals surface area contributed by atoms with Crippen LogP contribution in [-0.4, -0.2) is 6.61 Å². The Balaban J connectivity index is 1.85. The van der Waals surface area contributed by atoms with Crippen molar-refractivity contribution in [2.45, 2.75) is 19.6 Å². The van der Waals surface area contributed by atoms with E-state index in [2.05, 4.69) is 22.0 Å². The zero-order chi connectivity index (χ0) is 14.8. The molecule has 3 nitrogen and oxygen atoms in total. The van der Waals surface area contributed by atoms with Gasteiger partial charge in [-0.25, -0.2) is 0 Å². The van der Waals surface area contributed by atoms with E-state index >= 15 is 0 Å². The van der Waals surface area contributed by atoms with Crippen LogP contribution in [0, 0.1) is 0 Å². The van der Waals surface area contributed by atoms with Crippen LogP contribution < -0.4 is 15.2 Å². The van der Waals surface area contributed by atoms with Gasteiger partial charge in [0.05, 0.1) is 6.61 Å². The van der Waals surface area contributed by atoms with Crippen LogP contribution in [0.15, 0.2) is 34.8 Å². The molecule has 2 aromatic carbocycles. The van der Waals surface area contributed by atoms with Crippen molar-refractivity contribution in [1.29, 1.82) is 0 Å². The van der Waals surface area contributed by atoms with Crippen molar-refractivity contribution in [3.8, 4) is 11.5 Å². The lowest BCUT2D eigenvalue weighted by Gasteiger charge is -2.14. The van der Waals surface area contributed by atoms with Gasteiger partial charge in [0.2, 0.25) is 0 Å². The first-order valence-electron chi connectivity index (χ1n) is 6.73. The van der Waals surface area contributed by atoms with Crippen LogP contribution in [0.1, 0.15) is 16.7 Å². The molecule has 1 aliphatic rings. The maximum atomic E-state index is 6.14. The second kappa shape index (κ2) is 6.26. The second-order valence-electron chi connectivity index (χ2n) is 4.86. The van der Waals surface area contributed by atoms with E-state index in [1.165, 1.54) is 5.56 Å². The molecule has 3 rings (SSSR count). The molecule has 5 heteroatoms. The van der Waals surface area contributed by atoms with Gasteiger partial charge in [0.1, 0.15) is 18.1 Å². The highest BCUT2D eigenvalue weighted by Gasteiger charge is 2.18. The van der Waals surface area contributed by atoms with Gasteiger partial charge in [-0.2, -0.15) is 0 Å². The Bertz CT molecular complexity index is 676. The Hall–Kier alpha value is -1.23. The average molecular weight is 369 g/mol. The summed E-state index contributed by atoms with van der Waals surface area (Å²) in [5.74, 6) is 1.66. The number of nitrogens with two attached hydrogens (primary N) is 1. The maximum absolute atomic E-state index is 6.14. The Morgan fingerprint density at radius 3 is 3.00 bits per heavy atom. The Morgan fingerprint density at radius 2 is 2.19 bits per heavy atom. The van der Waals surface area contributed by atoms with Crippen LogP contribution in [0.2, 0.25) is 5.02 Å². The summed E-state index contributed by atoms with van der Waals surface area (Å²) in [7, 11) is 0. The van der Waals surface area contributed by atoms with Crippen LogP contribution in [0.4, 0.5) is 0 Å². The summed E-state index contributed by atoms with van der Waals surface area (Å²) in [5.41, 5.74) is 8.81. The van der Waals surface area contributed by atoms with E-state index in [4.69, 9.17) is 26.8 Å². The SMILES string of the molecule is NCc1c(Cl)cccc1OCc1cc(Br)cc2c1OCC2. The molecule has 1 aliphatic heterocycles. The van der Waals surface area contributed by atoms with Crippen molar-refractivity contribution >= 4 is 27.5 Å². The summed E-state index contributed by atoms with van der Waals surface area (Å²) < 4.78 is 12.6. The highest BCUT2D eigenvalue weighted by atomic mass is 79.9. The minimum atomic E-state index is 0.349. The first-order chi connectivity index (χ1) is 10.2. The summed E-state index contributed by atoms with van der Waals surface area (Å²) in [5, 5.41) is 0.630. The van der Waals surface area contributed by atoms with Crippen LogP contribution in [0.25, 0.3) is 0 Å². The van der Waals surface area contributed by atoms with Gasteiger partial charge in [-0.05, 0) is 29.8 Å². The fourth-order valence-electron chi connectivity index (χ4n) is 2.48. The summed E-state index contributed by atoms with van der Waals surface area (Å²) in [6.45, 7) is 1.50. The minimum absolute atomic E-state index is 0.349. The molecule has 0 aliphatic carbocycles. The van der Waals surface area contributed by atoms with Gasteiger partial charge in [0.25, 0.3) is 0 Å². The van der Waals surface area contributed by atoms with E-state index in [1.54, 1.807) is 0 Å². The predicted molar refractivity (Wildman–Crippen MR) is 87.0 cm³/mol. The van der Waals surface area contributed by atoms with Crippen LogP contribution in [-0.2, 0) is 19.6 Å². The molecular weight excluding hydrogens is 354 g/mol. The predicted octanol–water partition coefficient (Wildman–Crippen LogP) is 4.08. The van der Waals surface area contributed by atoms with E-state index in [-0.39, 0.29) is 0 Å². The molecular formula is C16H15BrClNO2. The minimum Gasteiger partial charge on any atom is -0.493 e. The molecule has 0 atom stereocenters. The molecule has 0 amide bonds. The van der Waals surface area contributed by atoms with Gasteiger partial charge < -0.3 is 15.2 Å². The van der Waals surface area contributed by atoms with Gasteiger partial charge >= 0.3 is 0 Å². The molecule has 2 N–H and O–H groups in total. The third-order valence-electron chi connectivity index (χ3n) is 3.49. The zero-order valence-electron chi connectivity index (χ0n) is 11.4. The summed E-state index contributed by atoms with van der Waals surface area (Å²) in [6, 6.07) is 9.68. The molecule has 2 aromatic rings. The number of hydrogen-bond acceptors (Lipinski definition) is 3. The van der Waals surface area contributed by atoms with E-state index in [1.807, 2.05) is 24.3 Å². The fourth-order valence-corrected chi connectivity index (χ4v) is 3.28.